The molecule has 114 valence electrons. The topological polar surface area (TPSA) is 15.3 Å². The minimum atomic E-state index is 0.236. The number of hydrogen-bond acceptors (Lipinski definition) is 2. The van der Waals surface area contributed by atoms with Crippen LogP contribution in [0.4, 0.5) is 11.4 Å². The molecule has 0 amide bonds. The molecule has 1 saturated carbocycles. The van der Waals surface area contributed by atoms with Gasteiger partial charge in [0.1, 0.15) is 0 Å². The minimum Gasteiger partial charge on any atom is -0.355 e. The third kappa shape index (κ3) is 2.05. The molecular formula is C20H24N2. The van der Waals surface area contributed by atoms with E-state index >= 15 is 0 Å². The van der Waals surface area contributed by atoms with Crippen LogP contribution in [0.15, 0.2) is 42.5 Å². The summed E-state index contributed by atoms with van der Waals surface area (Å²) in [5.74, 6) is 0. The van der Waals surface area contributed by atoms with Gasteiger partial charge in [0.2, 0.25) is 0 Å². The van der Waals surface area contributed by atoms with Crippen LogP contribution < -0.4 is 5.32 Å². The maximum Gasteiger partial charge on any atom is 0.0426 e. The molecule has 2 aromatic carbocycles. The third-order valence-corrected chi connectivity index (χ3v) is 5.27. The van der Waals surface area contributed by atoms with E-state index in [0.717, 1.165) is 6.54 Å². The van der Waals surface area contributed by atoms with Crippen molar-refractivity contribution in [2.24, 2.45) is 0 Å². The summed E-state index contributed by atoms with van der Waals surface area (Å²) in [4.78, 5) is 2.24. The molecule has 0 aromatic heterocycles. The van der Waals surface area contributed by atoms with Crippen LogP contribution in [0, 0.1) is 0 Å². The molecule has 1 aliphatic carbocycles. The zero-order valence-corrected chi connectivity index (χ0v) is 13.5. The Morgan fingerprint density at radius 3 is 2.45 bits per heavy atom. The molecule has 1 spiro atoms. The Balaban J connectivity index is 1.87. The van der Waals surface area contributed by atoms with E-state index in [0.29, 0.717) is 0 Å². The van der Waals surface area contributed by atoms with Crippen molar-refractivity contribution in [2.45, 2.75) is 37.6 Å². The molecule has 2 aromatic rings. The van der Waals surface area contributed by atoms with Gasteiger partial charge >= 0.3 is 0 Å². The number of nitrogens with zero attached hydrogens (tertiary/aromatic N) is 1. The van der Waals surface area contributed by atoms with Crippen molar-refractivity contribution in [3.63, 3.8) is 0 Å². The van der Waals surface area contributed by atoms with Crippen molar-refractivity contribution in [3.05, 3.63) is 59.2 Å². The highest BCUT2D eigenvalue weighted by molar-refractivity contribution is 5.76. The predicted molar refractivity (Wildman–Crippen MR) is 92.8 cm³/mol. The lowest BCUT2D eigenvalue weighted by Gasteiger charge is -2.39. The van der Waals surface area contributed by atoms with E-state index in [2.05, 4.69) is 66.8 Å². The number of hydrogen-bond donors (Lipinski definition) is 1. The molecule has 1 aliphatic heterocycles. The first-order valence-corrected chi connectivity index (χ1v) is 8.34. The highest BCUT2D eigenvalue weighted by atomic mass is 15.0. The summed E-state index contributed by atoms with van der Waals surface area (Å²) in [5.41, 5.74) is 7.28. The molecular weight excluding hydrogens is 268 g/mol. The van der Waals surface area contributed by atoms with Crippen molar-refractivity contribution in [3.8, 4) is 0 Å². The van der Waals surface area contributed by atoms with Crippen LogP contribution in [0.5, 0.6) is 0 Å². The lowest BCUT2D eigenvalue weighted by Crippen LogP contribution is -2.29. The normalized spacial score (nSPS) is 18.1. The number of benzene rings is 2. The molecule has 0 radical (unpaired) electrons. The lowest BCUT2D eigenvalue weighted by molar-refractivity contribution is 0.402. The SMILES string of the molecule is CN(C)Cc1ccc2c(c1)C1(CCCC1)c1ccccc1N2. The van der Waals surface area contributed by atoms with E-state index in [1.165, 1.54) is 53.7 Å². The van der Waals surface area contributed by atoms with Gasteiger partial charge < -0.3 is 10.2 Å². The summed E-state index contributed by atoms with van der Waals surface area (Å²) < 4.78 is 0. The van der Waals surface area contributed by atoms with Crippen molar-refractivity contribution >= 4 is 11.4 Å². The quantitative estimate of drug-likeness (QED) is 0.865. The van der Waals surface area contributed by atoms with Gasteiger partial charge in [-0.1, -0.05) is 43.2 Å². The Kier molecular flexibility index (Phi) is 3.23. The average Bonchev–Trinajstić information content (AvgIpc) is 2.98. The highest BCUT2D eigenvalue weighted by Gasteiger charge is 2.42. The fraction of sp³-hybridized carbons (Fsp3) is 0.400. The highest BCUT2D eigenvalue weighted by Crippen LogP contribution is 2.54. The molecule has 1 heterocycles. The van der Waals surface area contributed by atoms with Crippen LogP contribution in [0.1, 0.15) is 42.4 Å². The largest absolute Gasteiger partial charge is 0.355 e. The van der Waals surface area contributed by atoms with Gasteiger partial charge in [0.25, 0.3) is 0 Å². The first-order chi connectivity index (χ1) is 10.7. The summed E-state index contributed by atoms with van der Waals surface area (Å²) in [6.45, 7) is 1.00. The molecule has 0 atom stereocenters. The zero-order chi connectivity index (χ0) is 15.2. The van der Waals surface area contributed by atoms with E-state index < -0.39 is 0 Å². The second kappa shape index (κ2) is 5.13. The van der Waals surface area contributed by atoms with Gasteiger partial charge in [0.05, 0.1) is 0 Å². The van der Waals surface area contributed by atoms with E-state index in [-0.39, 0.29) is 5.41 Å². The maximum absolute atomic E-state index is 3.66. The Morgan fingerprint density at radius 2 is 1.68 bits per heavy atom. The first kappa shape index (κ1) is 13.8. The summed E-state index contributed by atoms with van der Waals surface area (Å²) in [5, 5.41) is 3.66. The first-order valence-electron chi connectivity index (χ1n) is 8.34. The predicted octanol–water partition coefficient (Wildman–Crippen LogP) is 4.67. The third-order valence-electron chi connectivity index (χ3n) is 5.27. The van der Waals surface area contributed by atoms with Crippen molar-refractivity contribution in [1.29, 1.82) is 0 Å². The van der Waals surface area contributed by atoms with E-state index in [1.807, 2.05) is 0 Å². The van der Waals surface area contributed by atoms with Crippen LogP contribution in [-0.2, 0) is 12.0 Å². The number of rotatable bonds is 2. The molecule has 2 heteroatoms. The fourth-order valence-corrected chi connectivity index (χ4v) is 4.38. The van der Waals surface area contributed by atoms with Crippen molar-refractivity contribution in [1.82, 2.24) is 4.90 Å². The Labute approximate surface area is 133 Å². The summed E-state index contributed by atoms with van der Waals surface area (Å²) in [7, 11) is 4.27. The van der Waals surface area contributed by atoms with Crippen LogP contribution in [0.25, 0.3) is 0 Å². The summed E-state index contributed by atoms with van der Waals surface area (Å²) in [6, 6.07) is 15.9. The van der Waals surface area contributed by atoms with Crippen LogP contribution in [-0.4, -0.2) is 19.0 Å². The van der Waals surface area contributed by atoms with Crippen LogP contribution in [0.2, 0.25) is 0 Å². The van der Waals surface area contributed by atoms with Gasteiger partial charge in [-0.3, -0.25) is 0 Å². The van der Waals surface area contributed by atoms with E-state index in [4.69, 9.17) is 0 Å². The summed E-state index contributed by atoms with van der Waals surface area (Å²) >= 11 is 0. The number of fused-ring (bicyclic) bond motifs is 4. The van der Waals surface area contributed by atoms with Gasteiger partial charge in [-0.05, 0) is 55.8 Å². The van der Waals surface area contributed by atoms with E-state index in [9.17, 15) is 0 Å². The van der Waals surface area contributed by atoms with Crippen LogP contribution in [0.3, 0.4) is 0 Å². The Hall–Kier alpha value is -1.80. The molecule has 1 fully saturated rings. The molecule has 0 saturated heterocycles. The van der Waals surface area contributed by atoms with Gasteiger partial charge in [-0.25, -0.2) is 0 Å². The molecule has 2 aliphatic rings. The van der Waals surface area contributed by atoms with Gasteiger partial charge in [0.15, 0.2) is 0 Å². The standard InChI is InChI=1S/C20H24N2/c1-22(2)14-15-9-10-19-17(13-15)20(11-5-6-12-20)16-7-3-4-8-18(16)21-19/h3-4,7-10,13,21H,5-6,11-12,14H2,1-2H3. The fourth-order valence-electron chi connectivity index (χ4n) is 4.38. The molecule has 0 bridgehead atoms. The average molecular weight is 292 g/mol. The Morgan fingerprint density at radius 1 is 0.955 bits per heavy atom. The van der Waals surface area contributed by atoms with Gasteiger partial charge in [0, 0.05) is 23.3 Å². The smallest absolute Gasteiger partial charge is 0.0426 e. The second-order valence-corrected chi connectivity index (χ2v) is 7.08. The Bertz CT molecular complexity index is 697. The molecule has 2 nitrogen and oxygen atoms in total. The minimum absolute atomic E-state index is 0.236. The van der Waals surface area contributed by atoms with E-state index in [1.54, 1.807) is 0 Å². The zero-order valence-electron chi connectivity index (χ0n) is 13.5. The molecule has 4 rings (SSSR count). The maximum atomic E-state index is 3.66. The summed E-state index contributed by atoms with van der Waals surface area (Å²) in [6.07, 6.45) is 5.24. The van der Waals surface area contributed by atoms with Crippen molar-refractivity contribution < 1.29 is 0 Å². The number of nitrogens with one attached hydrogen (secondary N) is 1. The van der Waals surface area contributed by atoms with Gasteiger partial charge in [-0.15, -0.1) is 0 Å². The monoisotopic (exact) mass is 292 g/mol. The lowest BCUT2D eigenvalue weighted by atomic mass is 9.69. The van der Waals surface area contributed by atoms with Crippen LogP contribution >= 0.6 is 0 Å². The van der Waals surface area contributed by atoms with Crippen molar-refractivity contribution in [2.75, 3.05) is 19.4 Å². The van der Waals surface area contributed by atoms with Gasteiger partial charge in [-0.2, -0.15) is 0 Å². The molecule has 1 N–H and O–H groups in total. The molecule has 0 unspecified atom stereocenters. The number of para-hydroxylation sites is 1. The molecule has 22 heavy (non-hydrogen) atoms. The number of anilines is 2. The second-order valence-electron chi connectivity index (χ2n) is 7.08.